The molecule has 0 radical (unpaired) electrons. The number of methoxy groups -OCH3 is 1. The lowest BCUT2D eigenvalue weighted by molar-refractivity contribution is 0.0693. The number of anilines is 1. The first-order valence-corrected chi connectivity index (χ1v) is 9.98. The molecule has 0 unspecified atom stereocenters. The molecule has 0 aliphatic heterocycles. The van der Waals surface area contributed by atoms with Crippen molar-refractivity contribution in [3.8, 4) is 17.2 Å². The Morgan fingerprint density at radius 1 is 1.23 bits per heavy atom. The highest BCUT2D eigenvalue weighted by Gasteiger charge is 2.22. The molecule has 1 heterocycles. The molecule has 4 rings (SSSR count). The summed E-state index contributed by atoms with van der Waals surface area (Å²) in [5.74, 6) is 0.0753. The molecule has 2 aromatic carbocycles. The fourth-order valence-electron chi connectivity index (χ4n) is 2.93. The molecule has 9 heteroatoms. The van der Waals surface area contributed by atoms with E-state index in [4.69, 9.17) is 33.3 Å². The number of pyridine rings is 1. The molecule has 3 N–H and O–H groups in total. The molecule has 1 aliphatic carbocycles. The first-order chi connectivity index (χ1) is 14.4. The number of rotatable bonds is 6. The number of ether oxygens (including phenoxy) is 2. The van der Waals surface area contributed by atoms with E-state index in [1.54, 1.807) is 36.5 Å². The van der Waals surface area contributed by atoms with E-state index in [-0.39, 0.29) is 11.3 Å². The third kappa shape index (κ3) is 4.39. The Morgan fingerprint density at radius 2 is 2.03 bits per heavy atom. The molecular weight excluding hydrogens is 426 g/mol. The van der Waals surface area contributed by atoms with Crippen molar-refractivity contribution in [2.45, 2.75) is 18.9 Å². The van der Waals surface area contributed by atoms with Crippen LogP contribution in [0.15, 0.2) is 42.6 Å². The van der Waals surface area contributed by atoms with Crippen LogP contribution in [0.3, 0.4) is 0 Å². The zero-order valence-corrected chi connectivity index (χ0v) is 17.5. The molecular formula is C21H18ClN3O4S. The van der Waals surface area contributed by atoms with Gasteiger partial charge in [0.1, 0.15) is 22.8 Å². The Kier molecular flexibility index (Phi) is 5.61. The van der Waals surface area contributed by atoms with Gasteiger partial charge in [-0.3, -0.25) is 4.98 Å². The maximum absolute atomic E-state index is 11.6. The van der Waals surface area contributed by atoms with Crippen molar-refractivity contribution in [2.75, 3.05) is 12.4 Å². The topological polar surface area (TPSA) is 92.7 Å². The van der Waals surface area contributed by atoms with Gasteiger partial charge in [-0.25, -0.2) is 4.79 Å². The molecule has 7 nitrogen and oxygen atoms in total. The van der Waals surface area contributed by atoms with Crippen molar-refractivity contribution in [1.29, 1.82) is 0 Å². The number of hydrogen-bond acceptors (Lipinski definition) is 5. The Morgan fingerprint density at radius 3 is 2.70 bits per heavy atom. The summed E-state index contributed by atoms with van der Waals surface area (Å²) in [6.45, 7) is 0. The smallest absolute Gasteiger partial charge is 0.339 e. The van der Waals surface area contributed by atoms with Gasteiger partial charge < -0.3 is 25.2 Å². The third-order valence-corrected chi connectivity index (χ3v) is 5.11. The normalized spacial score (nSPS) is 13.0. The van der Waals surface area contributed by atoms with E-state index in [0.717, 1.165) is 12.8 Å². The quantitative estimate of drug-likeness (QED) is 0.466. The van der Waals surface area contributed by atoms with Crippen molar-refractivity contribution >= 4 is 51.5 Å². The van der Waals surface area contributed by atoms with Gasteiger partial charge in [-0.1, -0.05) is 11.6 Å². The predicted octanol–water partition coefficient (Wildman–Crippen LogP) is 4.84. The second-order valence-electron chi connectivity index (χ2n) is 6.80. The second-order valence-corrected chi connectivity index (χ2v) is 7.62. The minimum Gasteiger partial charge on any atom is -0.496 e. The number of halogens is 1. The van der Waals surface area contributed by atoms with E-state index >= 15 is 0 Å². The predicted molar refractivity (Wildman–Crippen MR) is 119 cm³/mol. The van der Waals surface area contributed by atoms with Gasteiger partial charge in [0, 0.05) is 29.8 Å². The Bertz CT molecular complexity index is 1150. The number of aromatic nitrogens is 1. The maximum atomic E-state index is 11.6. The number of hydrogen-bond donors (Lipinski definition) is 3. The molecule has 154 valence electrons. The van der Waals surface area contributed by atoms with Crippen LogP contribution in [0, 0.1) is 0 Å². The molecule has 1 aliphatic rings. The standard InChI is InChI=1S/C21H18ClN3O4S/c1-28-19-10-17-13(9-14(19)20(26)27)18(6-7-23-17)29-12-4-5-16(15(22)8-12)25-21(30)24-11-2-3-11/h4-11H,2-3H2,1H3,(H,26,27)(H2,24,25,30). The number of carbonyl (C=O) groups is 1. The van der Waals surface area contributed by atoms with Gasteiger partial charge in [-0.15, -0.1) is 0 Å². The Balaban J connectivity index is 1.60. The SMILES string of the molecule is COc1cc2nccc(Oc3ccc(NC(=S)NC4CC4)c(Cl)c3)c2cc1C(=O)O. The molecule has 30 heavy (non-hydrogen) atoms. The van der Waals surface area contributed by atoms with E-state index in [2.05, 4.69) is 15.6 Å². The van der Waals surface area contributed by atoms with Crippen LogP contribution in [0.1, 0.15) is 23.2 Å². The number of carboxylic acid groups (broad SMARTS) is 1. The minimum atomic E-state index is -1.10. The van der Waals surface area contributed by atoms with Crippen LogP contribution in [-0.2, 0) is 0 Å². The van der Waals surface area contributed by atoms with Crippen LogP contribution < -0.4 is 20.1 Å². The van der Waals surface area contributed by atoms with E-state index in [1.807, 2.05) is 0 Å². The molecule has 0 atom stereocenters. The summed E-state index contributed by atoms with van der Waals surface area (Å²) in [5.41, 5.74) is 1.24. The third-order valence-electron chi connectivity index (χ3n) is 4.58. The number of thiocarbonyl (C=S) groups is 1. The average molecular weight is 444 g/mol. The van der Waals surface area contributed by atoms with Gasteiger partial charge in [0.15, 0.2) is 5.11 Å². The van der Waals surface area contributed by atoms with E-state index < -0.39 is 5.97 Å². The first-order valence-electron chi connectivity index (χ1n) is 9.19. The average Bonchev–Trinajstić information content (AvgIpc) is 3.53. The zero-order valence-electron chi connectivity index (χ0n) is 15.9. The number of carboxylic acids is 1. The van der Waals surface area contributed by atoms with Crippen LogP contribution in [0.4, 0.5) is 5.69 Å². The van der Waals surface area contributed by atoms with Crippen LogP contribution in [0.25, 0.3) is 10.9 Å². The molecule has 0 amide bonds. The van der Waals surface area contributed by atoms with Crippen molar-refractivity contribution in [2.24, 2.45) is 0 Å². The lowest BCUT2D eigenvalue weighted by atomic mass is 10.1. The number of benzene rings is 2. The van der Waals surface area contributed by atoms with Crippen LogP contribution >= 0.6 is 23.8 Å². The monoisotopic (exact) mass is 443 g/mol. The Labute approximate surface area is 183 Å². The molecule has 0 spiro atoms. The summed E-state index contributed by atoms with van der Waals surface area (Å²) < 4.78 is 11.1. The van der Waals surface area contributed by atoms with Crippen molar-refractivity contribution in [3.63, 3.8) is 0 Å². The highest BCUT2D eigenvalue weighted by atomic mass is 35.5. The largest absolute Gasteiger partial charge is 0.496 e. The minimum absolute atomic E-state index is 0.0251. The lowest BCUT2D eigenvalue weighted by Gasteiger charge is -2.14. The van der Waals surface area contributed by atoms with Gasteiger partial charge >= 0.3 is 5.97 Å². The second kappa shape index (κ2) is 8.33. The summed E-state index contributed by atoms with van der Waals surface area (Å²) in [7, 11) is 1.41. The van der Waals surface area contributed by atoms with Crippen molar-refractivity contribution < 1.29 is 19.4 Å². The number of aromatic carboxylic acids is 1. The van der Waals surface area contributed by atoms with E-state index in [9.17, 15) is 9.90 Å². The molecule has 1 saturated carbocycles. The molecule has 0 bridgehead atoms. The van der Waals surface area contributed by atoms with Gasteiger partial charge in [-0.05, 0) is 49.3 Å². The summed E-state index contributed by atoms with van der Waals surface area (Å²) >= 11 is 11.7. The fourth-order valence-corrected chi connectivity index (χ4v) is 3.43. The molecule has 1 fully saturated rings. The van der Waals surface area contributed by atoms with Crippen molar-refractivity contribution in [1.82, 2.24) is 10.3 Å². The summed E-state index contributed by atoms with van der Waals surface area (Å²) in [6.07, 6.45) is 3.83. The van der Waals surface area contributed by atoms with E-state index in [1.165, 1.54) is 13.2 Å². The highest BCUT2D eigenvalue weighted by Crippen LogP contribution is 2.35. The van der Waals surface area contributed by atoms with Gasteiger partial charge in [0.25, 0.3) is 0 Å². The summed E-state index contributed by atoms with van der Waals surface area (Å²) in [5, 5.41) is 17.2. The molecule has 1 aromatic heterocycles. The highest BCUT2D eigenvalue weighted by molar-refractivity contribution is 7.80. The fraction of sp³-hybridized carbons (Fsp3) is 0.190. The summed E-state index contributed by atoms with van der Waals surface area (Å²) in [6, 6.07) is 10.3. The summed E-state index contributed by atoms with van der Waals surface area (Å²) in [4.78, 5) is 15.8. The number of nitrogens with one attached hydrogen (secondary N) is 2. The van der Waals surface area contributed by atoms with Gasteiger partial charge in [0.05, 0.1) is 23.3 Å². The van der Waals surface area contributed by atoms with Crippen LogP contribution in [-0.4, -0.2) is 34.3 Å². The zero-order chi connectivity index (χ0) is 21.3. The van der Waals surface area contributed by atoms with Crippen LogP contribution in [0.2, 0.25) is 5.02 Å². The number of fused-ring (bicyclic) bond motifs is 1. The van der Waals surface area contributed by atoms with Gasteiger partial charge in [-0.2, -0.15) is 0 Å². The van der Waals surface area contributed by atoms with Gasteiger partial charge in [0.2, 0.25) is 0 Å². The maximum Gasteiger partial charge on any atom is 0.339 e. The van der Waals surface area contributed by atoms with E-state index in [0.29, 0.717) is 44.3 Å². The number of nitrogens with zero attached hydrogens (tertiary/aromatic N) is 1. The van der Waals surface area contributed by atoms with Crippen molar-refractivity contribution in [3.05, 3.63) is 53.2 Å². The lowest BCUT2D eigenvalue weighted by Crippen LogP contribution is -2.30. The molecule has 3 aromatic rings. The van der Waals surface area contributed by atoms with Crippen LogP contribution in [0.5, 0.6) is 17.2 Å². The molecule has 0 saturated heterocycles. The Hall–Kier alpha value is -3.10. The first kappa shape index (κ1) is 20.2.